The third kappa shape index (κ3) is 8.06. The van der Waals surface area contributed by atoms with E-state index in [1.54, 1.807) is 0 Å². The number of allylic oxidation sites excluding steroid dienone is 2. The fraction of sp³-hybridized carbons (Fsp3) is 0.917. The molecule has 11 N–H and O–H groups in total. The average molecular weight is 957 g/mol. The lowest BCUT2D eigenvalue weighted by molar-refractivity contribution is -0.396. The molecule has 0 bridgehead atoms. The van der Waals surface area contributed by atoms with Crippen LogP contribution in [0.4, 0.5) is 0 Å². The van der Waals surface area contributed by atoms with E-state index in [-0.39, 0.29) is 39.4 Å². The van der Waals surface area contributed by atoms with Crippen LogP contribution in [0, 0.1) is 50.2 Å². The minimum absolute atomic E-state index is 0.0299. The third-order valence-electron chi connectivity index (χ3n) is 19.3. The van der Waals surface area contributed by atoms with Crippen LogP contribution in [0.1, 0.15) is 113 Å². The number of carboxylic acid groups (broad SMARTS) is 2. The van der Waals surface area contributed by atoms with Crippen molar-refractivity contribution in [1.29, 1.82) is 0 Å². The van der Waals surface area contributed by atoms with Crippen molar-refractivity contribution in [3.63, 3.8) is 0 Å². The van der Waals surface area contributed by atoms with Crippen molar-refractivity contribution in [3.8, 4) is 0 Å². The second-order valence-electron chi connectivity index (χ2n) is 23.5. The molecule has 0 unspecified atom stereocenters. The smallest absolute Gasteiger partial charge is 0.335 e. The van der Waals surface area contributed by atoms with Crippen LogP contribution < -0.4 is 0 Å². The predicted molar refractivity (Wildman–Crippen MR) is 231 cm³/mol. The Labute approximate surface area is 391 Å². The maximum atomic E-state index is 13.2. The number of ether oxygens (including phenoxy) is 6. The van der Waals surface area contributed by atoms with Crippen molar-refractivity contribution >= 4 is 11.9 Å². The van der Waals surface area contributed by atoms with Gasteiger partial charge in [-0.1, -0.05) is 60.1 Å². The van der Waals surface area contributed by atoms with Crippen molar-refractivity contribution < 1.29 is 94.2 Å². The van der Waals surface area contributed by atoms with E-state index in [2.05, 4.69) is 54.5 Å². The van der Waals surface area contributed by atoms with E-state index in [1.165, 1.54) is 5.57 Å². The van der Waals surface area contributed by atoms with Crippen molar-refractivity contribution in [2.45, 2.75) is 211 Å². The zero-order valence-corrected chi connectivity index (χ0v) is 39.7. The van der Waals surface area contributed by atoms with E-state index < -0.39 is 134 Å². The van der Waals surface area contributed by atoms with Gasteiger partial charge >= 0.3 is 11.9 Å². The Morgan fingerprint density at radius 2 is 1.19 bits per heavy atom. The number of aliphatic hydroxyl groups excluding tert-OH is 9. The van der Waals surface area contributed by atoms with Gasteiger partial charge in [-0.05, 0) is 109 Å². The fourth-order valence-corrected chi connectivity index (χ4v) is 15.1. The molecule has 0 spiro atoms. The van der Waals surface area contributed by atoms with E-state index in [4.69, 9.17) is 28.4 Å². The monoisotopic (exact) mass is 956 g/mol. The largest absolute Gasteiger partial charge is 0.481 e. The van der Waals surface area contributed by atoms with Gasteiger partial charge in [-0.25, -0.2) is 4.79 Å². The molecule has 23 atom stereocenters. The Balaban J connectivity index is 1.11. The standard InChI is InChI=1S/C48H76O19/c1-43(2)14-16-48(42(60)61)17-15-46(6)21(22(48)18-43)8-9-26-45(5)12-11-27(44(3,4)25(45)10-13-47(26,46)7)64-41-37(67-40-33(56)31(54)29(52)24(20-50)63-40)35(34(57)36(66-41)38(58)59)65-39-32(55)30(53)28(51)23(19-49)62-39/h8,22-37,39-41,49-57H,9-20H2,1-7H3,(H,58,59)(H,60,61)/t22-,23+,24+,25-,26+,27-,28+,29+,30-,31-,32+,33+,34-,35-,36-,37+,39-,40-,41+,45-,46+,47+,48-/m0/s1. The molecule has 4 saturated carbocycles. The van der Waals surface area contributed by atoms with Crippen molar-refractivity contribution in [1.82, 2.24) is 0 Å². The molecule has 67 heavy (non-hydrogen) atoms. The van der Waals surface area contributed by atoms with Crippen LogP contribution in [0.15, 0.2) is 11.6 Å². The van der Waals surface area contributed by atoms with Gasteiger partial charge in [0.05, 0.1) is 24.7 Å². The Kier molecular flexibility index (Phi) is 13.8. The number of aliphatic carboxylic acids is 2. The highest BCUT2D eigenvalue weighted by atomic mass is 16.8. The summed E-state index contributed by atoms with van der Waals surface area (Å²) in [5, 5.41) is 117. The molecule has 0 aromatic rings. The first kappa shape index (κ1) is 51.4. The molecule has 0 radical (unpaired) electrons. The van der Waals surface area contributed by atoms with Crippen molar-refractivity contribution in [2.75, 3.05) is 13.2 Å². The summed E-state index contributed by atoms with van der Waals surface area (Å²) in [5.74, 6) is -2.06. The first-order valence-electron chi connectivity index (χ1n) is 24.3. The highest BCUT2D eigenvalue weighted by Gasteiger charge is 2.70. The lowest BCUT2D eigenvalue weighted by atomic mass is 9.33. The molecule has 0 aromatic carbocycles. The van der Waals surface area contributed by atoms with Gasteiger partial charge in [-0.3, -0.25) is 4.79 Å². The summed E-state index contributed by atoms with van der Waals surface area (Å²) in [6.45, 7) is 14.2. The summed E-state index contributed by atoms with van der Waals surface area (Å²) in [4.78, 5) is 26.0. The maximum absolute atomic E-state index is 13.2. The van der Waals surface area contributed by atoms with Crippen LogP contribution in [0.2, 0.25) is 0 Å². The first-order chi connectivity index (χ1) is 31.2. The highest BCUT2D eigenvalue weighted by molar-refractivity contribution is 5.76. The molecule has 382 valence electrons. The minimum atomic E-state index is -2.12. The maximum Gasteiger partial charge on any atom is 0.335 e. The number of rotatable bonds is 10. The second kappa shape index (κ2) is 18.0. The lowest BCUT2D eigenvalue weighted by Gasteiger charge is -2.71. The van der Waals surface area contributed by atoms with Crippen LogP contribution in [-0.2, 0) is 38.0 Å². The Morgan fingerprint density at radius 1 is 0.627 bits per heavy atom. The van der Waals surface area contributed by atoms with E-state index in [0.717, 1.165) is 38.5 Å². The SMILES string of the molecule is CC1(C)CC[C@]2(C(=O)O)CC[C@]3(C)C(=CC[C@@H]4[C@@]5(C)CC[C@H](O[C@@H]6O[C@H](C(=O)O)[C@@H](O)[C@H](O[C@@H]7O[C@H](CO)[C@@H](O)[C@H](O)[C@H]7O)[C@H]6O[C@@H]6O[C@H](CO)[C@@H](O)[C@H](O)[C@H]6O)C(C)(C)[C@@H]5CC[C@]43C)[C@@H]2C1. The molecule has 19 nitrogen and oxygen atoms in total. The van der Waals surface area contributed by atoms with Crippen LogP contribution in [-0.4, -0.2) is 180 Å². The lowest BCUT2D eigenvalue weighted by Crippen LogP contribution is -2.68. The normalized spacial score (nSPS) is 52.7. The van der Waals surface area contributed by atoms with Gasteiger partial charge in [0.15, 0.2) is 25.0 Å². The number of hydrogen-bond donors (Lipinski definition) is 11. The zero-order valence-electron chi connectivity index (χ0n) is 39.7. The van der Waals surface area contributed by atoms with Gasteiger partial charge in [-0.2, -0.15) is 0 Å². The molecule has 3 saturated heterocycles. The fourth-order valence-electron chi connectivity index (χ4n) is 15.1. The summed E-state index contributed by atoms with van der Waals surface area (Å²) in [6, 6.07) is 0. The molecular weight excluding hydrogens is 881 g/mol. The topological polar surface area (TPSA) is 312 Å². The summed E-state index contributed by atoms with van der Waals surface area (Å²) < 4.78 is 36.4. The average Bonchev–Trinajstić information content (AvgIpc) is 3.26. The Morgan fingerprint density at radius 3 is 1.75 bits per heavy atom. The molecule has 8 rings (SSSR count). The summed E-state index contributed by atoms with van der Waals surface area (Å²) >= 11 is 0. The van der Waals surface area contributed by atoms with Gasteiger partial charge in [0.2, 0.25) is 0 Å². The van der Waals surface area contributed by atoms with E-state index >= 15 is 0 Å². The molecule has 3 heterocycles. The molecule has 0 amide bonds. The summed E-state index contributed by atoms with van der Waals surface area (Å²) in [7, 11) is 0. The van der Waals surface area contributed by atoms with E-state index in [1.807, 2.05) is 0 Å². The first-order valence-corrected chi connectivity index (χ1v) is 24.3. The quantitative estimate of drug-likeness (QED) is 0.107. The Bertz CT molecular complexity index is 1870. The number of hydrogen-bond acceptors (Lipinski definition) is 17. The zero-order chi connectivity index (χ0) is 49.1. The number of aliphatic hydroxyl groups is 9. The molecule has 7 fully saturated rings. The van der Waals surface area contributed by atoms with Crippen LogP contribution in [0.3, 0.4) is 0 Å². The Hall–Kier alpha value is -1.92. The number of fused-ring (bicyclic) bond motifs is 7. The van der Waals surface area contributed by atoms with Gasteiger partial charge < -0.3 is 84.6 Å². The van der Waals surface area contributed by atoms with Crippen LogP contribution in [0.5, 0.6) is 0 Å². The molecule has 19 heteroatoms. The third-order valence-corrected chi connectivity index (χ3v) is 19.3. The van der Waals surface area contributed by atoms with Gasteiger partial charge in [-0.15, -0.1) is 0 Å². The molecule has 8 aliphatic rings. The second-order valence-corrected chi connectivity index (χ2v) is 23.5. The van der Waals surface area contributed by atoms with Gasteiger partial charge in [0.25, 0.3) is 0 Å². The summed E-state index contributed by atoms with van der Waals surface area (Å²) in [5.41, 5.74) is -0.618. The van der Waals surface area contributed by atoms with Crippen LogP contribution in [0.25, 0.3) is 0 Å². The van der Waals surface area contributed by atoms with Gasteiger partial charge in [0.1, 0.15) is 67.1 Å². The number of carbonyl (C=O) groups is 2. The van der Waals surface area contributed by atoms with Crippen molar-refractivity contribution in [3.05, 3.63) is 11.6 Å². The molecule has 5 aliphatic carbocycles. The number of carboxylic acids is 2. The van der Waals surface area contributed by atoms with Crippen LogP contribution >= 0.6 is 0 Å². The predicted octanol–water partition coefficient (Wildman–Crippen LogP) is 0.799. The minimum Gasteiger partial charge on any atom is -0.481 e. The molecular formula is C48H76O19. The van der Waals surface area contributed by atoms with E-state index in [9.17, 15) is 65.8 Å². The van der Waals surface area contributed by atoms with Crippen molar-refractivity contribution in [2.24, 2.45) is 50.2 Å². The molecule has 3 aliphatic heterocycles. The summed E-state index contributed by atoms with van der Waals surface area (Å²) in [6.07, 6.45) is -18.3. The highest BCUT2D eigenvalue weighted by Crippen LogP contribution is 2.76. The molecule has 0 aromatic heterocycles. The van der Waals surface area contributed by atoms with E-state index in [0.29, 0.717) is 25.7 Å². The van der Waals surface area contributed by atoms with Gasteiger partial charge in [0, 0.05) is 0 Å².